The van der Waals surface area contributed by atoms with Crippen molar-refractivity contribution in [1.82, 2.24) is 4.31 Å². The van der Waals surface area contributed by atoms with Gasteiger partial charge in [-0.3, -0.25) is 0 Å². The van der Waals surface area contributed by atoms with Crippen molar-refractivity contribution in [2.45, 2.75) is 36.4 Å². The fraction of sp³-hybridized carbons (Fsp3) is 0.600. The molecule has 0 aromatic heterocycles. The number of benzene rings is 1. The van der Waals surface area contributed by atoms with Gasteiger partial charge in [0.15, 0.2) is 0 Å². The van der Waals surface area contributed by atoms with Gasteiger partial charge in [0.2, 0.25) is 10.0 Å². The lowest BCUT2D eigenvalue weighted by Crippen LogP contribution is -2.38. The highest BCUT2D eigenvalue weighted by Gasteiger charge is 2.44. The van der Waals surface area contributed by atoms with Crippen LogP contribution in [0.1, 0.15) is 24.8 Å². The molecule has 1 saturated heterocycles. The van der Waals surface area contributed by atoms with Gasteiger partial charge in [-0.05, 0) is 37.3 Å². The molecule has 2 aliphatic rings. The number of nitrogens with zero attached hydrogens (tertiary/aromatic N) is 1. The maximum atomic E-state index is 13.2. The SMILES string of the molecule is O=S(=O)(c1ccccc1C(F)(F)F)N(CC1CCOC1)C1CC1. The van der Waals surface area contributed by atoms with Crippen LogP contribution in [-0.2, 0) is 20.9 Å². The molecular formula is C15H18F3NO3S. The van der Waals surface area contributed by atoms with E-state index in [1.807, 2.05) is 0 Å². The second-order valence-electron chi connectivity index (χ2n) is 6.03. The van der Waals surface area contributed by atoms with Crippen LogP contribution in [0.25, 0.3) is 0 Å². The van der Waals surface area contributed by atoms with Gasteiger partial charge in [0, 0.05) is 19.2 Å². The van der Waals surface area contributed by atoms with E-state index in [0.29, 0.717) is 26.1 Å². The van der Waals surface area contributed by atoms with Gasteiger partial charge >= 0.3 is 6.18 Å². The number of sulfonamides is 1. The van der Waals surface area contributed by atoms with E-state index in [1.165, 1.54) is 16.4 Å². The lowest BCUT2D eigenvalue weighted by molar-refractivity contribution is -0.139. The monoisotopic (exact) mass is 349 g/mol. The van der Waals surface area contributed by atoms with E-state index < -0.39 is 26.7 Å². The van der Waals surface area contributed by atoms with Crippen LogP contribution in [0.4, 0.5) is 13.2 Å². The zero-order valence-electron chi connectivity index (χ0n) is 12.4. The molecule has 0 amide bonds. The molecule has 1 aromatic rings. The molecule has 0 bridgehead atoms. The fourth-order valence-corrected chi connectivity index (χ4v) is 4.82. The Morgan fingerprint density at radius 1 is 1.17 bits per heavy atom. The maximum Gasteiger partial charge on any atom is 0.417 e. The number of ether oxygens (including phenoxy) is 1. The molecule has 23 heavy (non-hydrogen) atoms. The molecule has 3 rings (SSSR count). The molecule has 0 N–H and O–H groups in total. The summed E-state index contributed by atoms with van der Waals surface area (Å²) in [6.07, 6.45) is -2.57. The van der Waals surface area contributed by atoms with Gasteiger partial charge in [0.25, 0.3) is 0 Å². The Bertz CT molecular complexity index is 665. The van der Waals surface area contributed by atoms with Crippen molar-refractivity contribution in [3.05, 3.63) is 29.8 Å². The van der Waals surface area contributed by atoms with E-state index in [2.05, 4.69) is 0 Å². The largest absolute Gasteiger partial charge is 0.417 e. The second kappa shape index (κ2) is 6.07. The zero-order chi connectivity index (χ0) is 16.7. The predicted octanol–water partition coefficient (Wildman–Crippen LogP) is 2.90. The van der Waals surface area contributed by atoms with Crippen molar-refractivity contribution in [3.63, 3.8) is 0 Å². The number of hydrogen-bond donors (Lipinski definition) is 0. The molecule has 0 radical (unpaired) electrons. The Kier molecular flexibility index (Phi) is 4.41. The molecule has 2 fully saturated rings. The summed E-state index contributed by atoms with van der Waals surface area (Å²) in [5.41, 5.74) is -1.10. The first kappa shape index (κ1) is 16.7. The van der Waals surface area contributed by atoms with Crippen molar-refractivity contribution in [3.8, 4) is 0 Å². The van der Waals surface area contributed by atoms with Crippen molar-refractivity contribution in [1.29, 1.82) is 0 Å². The summed E-state index contributed by atoms with van der Waals surface area (Å²) in [4.78, 5) is -0.654. The highest BCUT2D eigenvalue weighted by Crippen LogP contribution is 2.39. The molecule has 1 aliphatic carbocycles. The van der Waals surface area contributed by atoms with E-state index in [0.717, 1.165) is 18.6 Å². The summed E-state index contributed by atoms with van der Waals surface area (Å²) in [7, 11) is -4.18. The molecule has 1 unspecified atom stereocenters. The molecular weight excluding hydrogens is 331 g/mol. The number of halogens is 3. The van der Waals surface area contributed by atoms with Crippen LogP contribution in [-0.4, -0.2) is 38.5 Å². The number of hydrogen-bond acceptors (Lipinski definition) is 3. The lowest BCUT2D eigenvalue weighted by atomic mass is 10.1. The Balaban J connectivity index is 1.95. The number of rotatable bonds is 5. The summed E-state index contributed by atoms with van der Waals surface area (Å²) >= 11 is 0. The van der Waals surface area contributed by atoms with Crippen molar-refractivity contribution in [2.75, 3.05) is 19.8 Å². The first-order valence-corrected chi connectivity index (χ1v) is 9.00. The second-order valence-corrected chi connectivity index (χ2v) is 7.89. The summed E-state index contributed by atoms with van der Waals surface area (Å²) in [5, 5.41) is 0. The molecule has 8 heteroatoms. The number of alkyl halides is 3. The fourth-order valence-electron chi connectivity index (χ4n) is 2.84. The van der Waals surface area contributed by atoms with Crippen LogP contribution in [0.2, 0.25) is 0 Å². The van der Waals surface area contributed by atoms with Gasteiger partial charge in [0.1, 0.15) is 0 Å². The minimum atomic E-state index is -4.70. The Morgan fingerprint density at radius 3 is 2.43 bits per heavy atom. The summed E-state index contributed by atoms with van der Waals surface area (Å²) in [6, 6.07) is 4.19. The Labute approximate surface area is 133 Å². The third-order valence-corrected chi connectivity index (χ3v) is 6.17. The third kappa shape index (κ3) is 3.54. The lowest BCUT2D eigenvalue weighted by Gasteiger charge is -2.26. The van der Waals surface area contributed by atoms with Crippen LogP contribution in [0.15, 0.2) is 29.2 Å². The van der Waals surface area contributed by atoms with Crippen molar-refractivity contribution >= 4 is 10.0 Å². The van der Waals surface area contributed by atoms with Crippen LogP contribution in [0.3, 0.4) is 0 Å². The van der Waals surface area contributed by atoms with Gasteiger partial charge in [0.05, 0.1) is 17.1 Å². The zero-order valence-corrected chi connectivity index (χ0v) is 13.2. The molecule has 1 heterocycles. The predicted molar refractivity (Wildman–Crippen MR) is 77.3 cm³/mol. The first-order chi connectivity index (χ1) is 10.8. The summed E-state index contributed by atoms with van der Waals surface area (Å²) in [5.74, 6) is 0.0448. The van der Waals surface area contributed by atoms with E-state index >= 15 is 0 Å². The van der Waals surface area contributed by atoms with Gasteiger partial charge in [-0.15, -0.1) is 0 Å². The van der Waals surface area contributed by atoms with Crippen LogP contribution < -0.4 is 0 Å². The molecule has 1 atom stereocenters. The van der Waals surface area contributed by atoms with E-state index in [-0.39, 0.29) is 18.5 Å². The normalized spacial score (nSPS) is 22.7. The molecule has 0 spiro atoms. The molecule has 1 aromatic carbocycles. The van der Waals surface area contributed by atoms with Crippen molar-refractivity contribution < 1.29 is 26.3 Å². The standard InChI is InChI=1S/C15H18F3NO3S/c16-15(17,18)13-3-1-2-4-14(13)23(20,21)19(12-5-6-12)9-11-7-8-22-10-11/h1-4,11-12H,5-10H2. The first-order valence-electron chi connectivity index (χ1n) is 7.56. The summed E-state index contributed by atoms with van der Waals surface area (Å²) < 4.78 is 71.7. The van der Waals surface area contributed by atoms with Gasteiger partial charge in [-0.25, -0.2) is 8.42 Å². The average molecular weight is 349 g/mol. The van der Waals surface area contributed by atoms with Crippen LogP contribution in [0.5, 0.6) is 0 Å². The van der Waals surface area contributed by atoms with Gasteiger partial charge in [-0.2, -0.15) is 17.5 Å². The van der Waals surface area contributed by atoms with E-state index in [9.17, 15) is 21.6 Å². The third-order valence-electron chi connectivity index (χ3n) is 4.20. The average Bonchev–Trinajstić information content (AvgIpc) is 3.19. The highest BCUT2D eigenvalue weighted by atomic mass is 32.2. The highest BCUT2D eigenvalue weighted by molar-refractivity contribution is 7.89. The smallest absolute Gasteiger partial charge is 0.381 e. The Morgan fingerprint density at radius 2 is 1.87 bits per heavy atom. The topological polar surface area (TPSA) is 46.6 Å². The van der Waals surface area contributed by atoms with Gasteiger partial charge < -0.3 is 4.74 Å². The maximum absolute atomic E-state index is 13.2. The van der Waals surface area contributed by atoms with E-state index in [1.54, 1.807) is 0 Å². The van der Waals surface area contributed by atoms with Crippen molar-refractivity contribution in [2.24, 2.45) is 5.92 Å². The van der Waals surface area contributed by atoms with E-state index in [4.69, 9.17) is 4.74 Å². The molecule has 1 aliphatic heterocycles. The van der Waals surface area contributed by atoms with Crippen LogP contribution >= 0.6 is 0 Å². The summed E-state index contributed by atoms with van der Waals surface area (Å²) in [6.45, 7) is 1.25. The van der Waals surface area contributed by atoms with Crippen LogP contribution in [0, 0.1) is 5.92 Å². The minimum absolute atomic E-state index is 0.0448. The molecule has 4 nitrogen and oxygen atoms in total. The molecule has 1 saturated carbocycles. The minimum Gasteiger partial charge on any atom is -0.381 e. The quantitative estimate of drug-likeness (QED) is 0.821. The Hall–Kier alpha value is -1.12. The van der Waals surface area contributed by atoms with Gasteiger partial charge in [-0.1, -0.05) is 12.1 Å². The molecule has 128 valence electrons.